The number of carbonyl (C=O) groups excluding carboxylic acids is 4. The highest BCUT2D eigenvalue weighted by atomic mass is 16.5. The maximum Gasteiger partial charge on any atom is 0.306 e. The highest BCUT2D eigenvalue weighted by molar-refractivity contribution is 6.05. The fraction of sp³-hybridized carbons (Fsp3) is 0.333. The number of nitrogens with one attached hydrogen (secondary N) is 1. The van der Waals surface area contributed by atoms with Gasteiger partial charge in [0.25, 0.3) is 11.8 Å². The average molecular weight is 423 g/mol. The topological polar surface area (TPSA) is 98.8 Å². The lowest BCUT2D eigenvalue weighted by atomic mass is 9.89. The summed E-state index contributed by atoms with van der Waals surface area (Å²) in [6, 6.07) is 11.9. The molecule has 0 saturated carbocycles. The number of ketones is 1. The molecule has 2 aromatic rings. The SMILES string of the molecule is COc1ccc(C(=O)NC(=O)COC(=O)CCC(=O)c2ccc3c(c2)CCCC3)cc1. The Morgan fingerprint density at radius 1 is 0.871 bits per heavy atom. The van der Waals surface area contributed by atoms with Crippen LogP contribution in [0.1, 0.15) is 57.5 Å². The van der Waals surface area contributed by atoms with Gasteiger partial charge in [-0.2, -0.15) is 0 Å². The van der Waals surface area contributed by atoms with E-state index in [1.165, 1.54) is 36.8 Å². The Bertz CT molecular complexity index is 980. The van der Waals surface area contributed by atoms with Gasteiger partial charge in [0.15, 0.2) is 12.4 Å². The Morgan fingerprint density at radius 3 is 2.26 bits per heavy atom. The van der Waals surface area contributed by atoms with Crippen molar-refractivity contribution in [3.05, 3.63) is 64.7 Å². The smallest absolute Gasteiger partial charge is 0.306 e. The van der Waals surface area contributed by atoms with Crippen LogP contribution in [0.4, 0.5) is 0 Å². The number of ether oxygens (including phenoxy) is 2. The van der Waals surface area contributed by atoms with Gasteiger partial charge in [0.2, 0.25) is 0 Å². The van der Waals surface area contributed by atoms with E-state index < -0.39 is 24.4 Å². The van der Waals surface area contributed by atoms with Crippen LogP contribution in [0.15, 0.2) is 42.5 Å². The van der Waals surface area contributed by atoms with E-state index in [0.717, 1.165) is 19.3 Å². The molecule has 162 valence electrons. The van der Waals surface area contributed by atoms with Gasteiger partial charge in [-0.1, -0.05) is 12.1 Å². The van der Waals surface area contributed by atoms with Gasteiger partial charge in [0, 0.05) is 17.5 Å². The number of rotatable bonds is 8. The first-order chi connectivity index (χ1) is 15.0. The van der Waals surface area contributed by atoms with Crippen molar-refractivity contribution >= 4 is 23.6 Å². The van der Waals surface area contributed by atoms with Gasteiger partial charge < -0.3 is 9.47 Å². The van der Waals surface area contributed by atoms with Gasteiger partial charge in [0.1, 0.15) is 5.75 Å². The molecular formula is C24H25NO6. The summed E-state index contributed by atoms with van der Waals surface area (Å²) in [7, 11) is 1.51. The van der Waals surface area contributed by atoms with Gasteiger partial charge in [-0.05, 0) is 67.1 Å². The fourth-order valence-electron chi connectivity index (χ4n) is 3.46. The molecule has 7 nitrogen and oxygen atoms in total. The molecule has 0 bridgehead atoms. The summed E-state index contributed by atoms with van der Waals surface area (Å²) in [6.07, 6.45) is 4.19. The van der Waals surface area contributed by atoms with E-state index in [2.05, 4.69) is 5.32 Å². The summed E-state index contributed by atoms with van der Waals surface area (Å²) in [5.74, 6) is -1.56. The van der Waals surface area contributed by atoms with Crippen LogP contribution >= 0.6 is 0 Å². The third kappa shape index (κ3) is 6.25. The molecule has 0 aromatic heterocycles. The van der Waals surface area contributed by atoms with Crippen LogP contribution in [0.25, 0.3) is 0 Å². The van der Waals surface area contributed by atoms with Crippen LogP contribution in [0.3, 0.4) is 0 Å². The molecule has 31 heavy (non-hydrogen) atoms. The number of amides is 2. The Hall–Kier alpha value is -3.48. The zero-order valence-electron chi connectivity index (χ0n) is 17.4. The number of esters is 1. The van der Waals surface area contributed by atoms with E-state index in [4.69, 9.17) is 9.47 Å². The predicted molar refractivity (Wildman–Crippen MR) is 113 cm³/mol. The number of imide groups is 1. The van der Waals surface area contributed by atoms with Crippen molar-refractivity contribution in [2.75, 3.05) is 13.7 Å². The van der Waals surface area contributed by atoms with Gasteiger partial charge in [-0.15, -0.1) is 0 Å². The highest BCUT2D eigenvalue weighted by Crippen LogP contribution is 2.23. The standard InChI is InChI=1S/C24H25NO6/c1-30-20-10-8-17(9-11-20)24(29)25-22(27)15-31-23(28)13-12-21(26)19-7-6-16-4-2-3-5-18(16)14-19/h6-11,14H,2-5,12-13,15H2,1H3,(H,25,27,29). The Morgan fingerprint density at radius 2 is 1.55 bits per heavy atom. The second-order valence-electron chi connectivity index (χ2n) is 7.38. The molecule has 0 heterocycles. The number of carbonyl (C=O) groups is 4. The number of methoxy groups -OCH3 is 1. The number of Topliss-reactive ketones (excluding diaryl/α,β-unsaturated/α-hetero) is 1. The van der Waals surface area contributed by atoms with Crippen LogP contribution in [0.5, 0.6) is 5.75 Å². The number of hydrogen-bond donors (Lipinski definition) is 1. The summed E-state index contributed by atoms with van der Waals surface area (Å²) in [4.78, 5) is 48.1. The zero-order valence-corrected chi connectivity index (χ0v) is 17.4. The summed E-state index contributed by atoms with van der Waals surface area (Å²) >= 11 is 0. The van der Waals surface area contributed by atoms with Crippen molar-refractivity contribution in [1.82, 2.24) is 5.32 Å². The number of aryl methyl sites for hydroxylation is 2. The zero-order chi connectivity index (χ0) is 22.2. The molecule has 2 aromatic carbocycles. The third-order valence-electron chi connectivity index (χ3n) is 5.20. The average Bonchev–Trinajstić information content (AvgIpc) is 2.80. The molecule has 2 amide bonds. The third-order valence-corrected chi connectivity index (χ3v) is 5.20. The van der Waals surface area contributed by atoms with Crippen LogP contribution in [0.2, 0.25) is 0 Å². The van der Waals surface area contributed by atoms with E-state index in [9.17, 15) is 19.2 Å². The van der Waals surface area contributed by atoms with E-state index in [1.807, 2.05) is 12.1 Å². The first-order valence-corrected chi connectivity index (χ1v) is 10.2. The Labute approximate surface area is 180 Å². The quantitative estimate of drug-likeness (QED) is 0.518. The molecule has 0 aliphatic heterocycles. The maximum atomic E-state index is 12.4. The maximum absolute atomic E-state index is 12.4. The summed E-state index contributed by atoms with van der Waals surface area (Å²) in [6.45, 7) is -0.590. The fourth-order valence-corrected chi connectivity index (χ4v) is 3.46. The van der Waals surface area contributed by atoms with E-state index in [1.54, 1.807) is 18.2 Å². The largest absolute Gasteiger partial charge is 0.497 e. The molecule has 0 fully saturated rings. The molecule has 0 atom stereocenters. The van der Waals surface area contributed by atoms with E-state index in [0.29, 0.717) is 11.3 Å². The second kappa shape index (κ2) is 10.5. The van der Waals surface area contributed by atoms with Gasteiger partial charge in [0.05, 0.1) is 13.5 Å². The predicted octanol–water partition coefficient (Wildman–Crippen LogP) is 3.04. The van der Waals surface area contributed by atoms with Crippen LogP contribution in [-0.4, -0.2) is 37.3 Å². The monoisotopic (exact) mass is 423 g/mol. The molecule has 1 N–H and O–H groups in total. The molecule has 7 heteroatoms. The van der Waals surface area contributed by atoms with Crippen molar-refractivity contribution < 1.29 is 28.7 Å². The number of hydrogen-bond acceptors (Lipinski definition) is 6. The van der Waals surface area contributed by atoms with E-state index in [-0.39, 0.29) is 24.2 Å². The van der Waals surface area contributed by atoms with Gasteiger partial charge in [-0.25, -0.2) is 0 Å². The molecular weight excluding hydrogens is 398 g/mol. The minimum atomic E-state index is -0.741. The number of benzene rings is 2. The molecule has 0 radical (unpaired) electrons. The lowest BCUT2D eigenvalue weighted by Crippen LogP contribution is -2.34. The van der Waals surface area contributed by atoms with Crippen LogP contribution < -0.4 is 10.1 Å². The molecule has 0 saturated heterocycles. The molecule has 3 rings (SSSR count). The summed E-state index contributed by atoms with van der Waals surface area (Å²) in [5, 5.41) is 2.15. The van der Waals surface area contributed by atoms with Crippen molar-refractivity contribution in [3.63, 3.8) is 0 Å². The lowest BCUT2D eigenvalue weighted by molar-refractivity contribution is -0.148. The number of fused-ring (bicyclic) bond motifs is 1. The first-order valence-electron chi connectivity index (χ1n) is 10.2. The Balaban J connectivity index is 1.40. The van der Waals surface area contributed by atoms with E-state index >= 15 is 0 Å². The van der Waals surface area contributed by atoms with Gasteiger partial charge in [-0.3, -0.25) is 24.5 Å². The van der Waals surface area contributed by atoms with Crippen molar-refractivity contribution in [3.8, 4) is 5.75 Å². The Kier molecular flexibility index (Phi) is 7.54. The summed E-state index contributed by atoms with van der Waals surface area (Å²) < 4.78 is 9.89. The summed E-state index contributed by atoms with van der Waals surface area (Å²) in [5.41, 5.74) is 3.36. The van der Waals surface area contributed by atoms with Crippen LogP contribution in [0, 0.1) is 0 Å². The van der Waals surface area contributed by atoms with Crippen molar-refractivity contribution in [2.45, 2.75) is 38.5 Å². The molecule has 0 unspecified atom stereocenters. The normalized spacial score (nSPS) is 12.4. The van der Waals surface area contributed by atoms with Crippen LogP contribution in [-0.2, 0) is 27.2 Å². The minimum Gasteiger partial charge on any atom is -0.497 e. The molecule has 1 aliphatic rings. The highest BCUT2D eigenvalue weighted by Gasteiger charge is 2.16. The molecule has 1 aliphatic carbocycles. The molecule has 0 spiro atoms. The minimum absolute atomic E-state index is 0.00399. The lowest BCUT2D eigenvalue weighted by Gasteiger charge is -2.16. The van der Waals surface area contributed by atoms with Crippen molar-refractivity contribution in [2.24, 2.45) is 0 Å². The second-order valence-corrected chi connectivity index (χ2v) is 7.38. The van der Waals surface area contributed by atoms with Crippen molar-refractivity contribution in [1.29, 1.82) is 0 Å². The first kappa shape index (κ1) is 22.2. The van der Waals surface area contributed by atoms with Gasteiger partial charge >= 0.3 is 5.97 Å².